The van der Waals surface area contributed by atoms with Gasteiger partial charge in [0.15, 0.2) is 0 Å². The Morgan fingerprint density at radius 2 is 2.14 bits per heavy atom. The maximum atomic E-state index is 3.65. The monoisotopic (exact) mass is 292 g/mol. The van der Waals surface area contributed by atoms with Gasteiger partial charge in [-0.3, -0.25) is 0 Å². The van der Waals surface area contributed by atoms with Gasteiger partial charge < -0.3 is 0 Å². The number of thioether (sulfide) groups is 1. The van der Waals surface area contributed by atoms with E-state index >= 15 is 0 Å². The zero-order chi connectivity index (χ0) is 10.4. The summed E-state index contributed by atoms with van der Waals surface area (Å²) in [6.45, 7) is 4.58. The number of rotatable bonds is 6. The number of hydrogen-bond acceptors (Lipinski definition) is 2. The van der Waals surface area contributed by atoms with Crippen LogP contribution in [0.4, 0.5) is 0 Å². The normalized spacial score (nSPS) is 11.9. The molecule has 0 nitrogen and oxygen atoms in total. The minimum atomic E-state index is 0.481. The van der Waals surface area contributed by atoms with Crippen LogP contribution in [0.1, 0.15) is 26.7 Å². The molecule has 1 rings (SSSR count). The predicted octanol–water partition coefficient (Wildman–Crippen LogP) is 5.04. The molecule has 0 aromatic carbocycles. The van der Waals surface area contributed by atoms with Gasteiger partial charge in [0, 0.05) is 11.1 Å². The van der Waals surface area contributed by atoms with E-state index in [1.165, 1.54) is 22.8 Å². The second-order valence-corrected chi connectivity index (χ2v) is 6.35. The van der Waals surface area contributed by atoms with Crippen LogP contribution in [0, 0.1) is 5.41 Å². The minimum Gasteiger partial charge on any atom is -0.137 e. The zero-order valence-corrected chi connectivity index (χ0v) is 12.0. The molecule has 0 saturated heterocycles. The van der Waals surface area contributed by atoms with Crippen molar-refractivity contribution in [2.75, 3.05) is 11.1 Å². The Kier molecular flexibility index (Phi) is 5.57. The van der Waals surface area contributed by atoms with Crippen molar-refractivity contribution in [2.24, 2.45) is 5.41 Å². The van der Waals surface area contributed by atoms with Crippen LogP contribution >= 0.6 is 39.0 Å². The highest BCUT2D eigenvalue weighted by atomic mass is 79.9. The molecule has 1 aromatic heterocycles. The van der Waals surface area contributed by atoms with Gasteiger partial charge in [0.25, 0.3) is 0 Å². The van der Waals surface area contributed by atoms with Gasteiger partial charge in [0.1, 0.15) is 0 Å². The van der Waals surface area contributed by atoms with E-state index in [2.05, 4.69) is 47.3 Å². The van der Waals surface area contributed by atoms with Crippen molar-refractivity contribution in [1.82, 2.24) is 0 Å². The molecule has 1 heterocycles. The summed E-state index contributed by atoms with van der Waals surface area (Å²) in [6, 6.07) is 4.33. The largest absolute Gasteiger partial charge is 0.137 e. The highest BCUT2D eigenvalue weighted by molar-refractivity contribution is 9.09. The molecule has 0 aliphatic rings. The van der Waals surface area contributed by atoms with Gasteiger partial charge in [-0.2, -0.15) is 0 Å². The number of alkyl halides is 1. The smallest absolute Gasteiger partial charge is 0.0598 e. The van der Waals surface area contributed by atoms with Crippen LogP contribution in [-0.4, -0.2) is 11.1 Å². The first-order valence-electron chi connectivity index (χ1n) is 4.98. The standard InChI is InChI=1S/C11H17BrS2/c1-3-11(4-2,8-12)9-14-10-6-5-7-13-10/h5-7H,3-4,8-9H2,1-2H3. The molecule has 0 bridgehead atoms. The summed E-state index contributed by atoms with van der Waals surface area (Å²) in [5.41, 5.74) is 0.481. The lowest BCUT2D eigenvalue weighted by Crippen LogP contribution is -2.23. The third-order valence-electron chi connectivity index (χ3n) is 2.80. The minimum absolute atomic E-state index is 0.481. The van der Waals surface area contributed by atoms with E-state index in [-0.39, 0.29) is 0 Å². The fourth-order valence-corrected chi connectivity index (χ4v) is 4.70. The van der Waals surface area contributed by atoms with Gasteiger partial charge in [-0.05, 0) is 29.7 Å². The highest BCUT2D eigenvalue weighted by Crippen LogP contribution is 2.36. The van der Waals surface area contributed by atoms with Crippen molar-refractivity contribution < 1.29 is 0 Å². The molecule has 80 valence electrons. The third-order valence-corrected chi connectivity index (χ3v) is 6.47. The van der Waals surface area contributed by atoms with E-state index in [4.69, 9.17) is 0 Å². The Labute approximate surface area is 104 Å². The lowest BCUT2D eigenvalue weighted by molar-refractivity contribution is 0.359. The third kappa shape index (κ3) is 3.28. The van der Waals surface area contributed by atoms with E-state index in [9.17, 15) is 0 Å². The molecule has 0 amide bonds. The Balaban J connectivity index is 2.48. The molecular formula is C11H17BrS2. The number of halogens is 1. The maximum Gasteiger partial charge on any atom is 0.0598 e. The lowest BCUT2D eigenvalue weighted by Gasteiger charge is -2.28. The first-order valence-corrected chi connectivity index (χ1v) is 7.97. The van der Waals surface area contributed by atoms with Crippen molar-refractivity contribution in [3.8, 4) is 0 Å². The zero-order valence-electron chi connectivity index (χ0n) is 8.75. The van der Waals surface area contributed by atoms with Crippen LogP contribution in [0.25, 0.3) is 0 Å². The highest BCUT2D eigenvalue weighted by Gasteiger charge is 2.24. The lowest BCUT2D eigenvalue weighted by atomic mass is 9.87. The summed E-state index contributed by atoms with van der Waals surface area (Å²) >= 11 is 7.49. The van der Waals surface area contributed by atoms with Gasteiger partial charge in [0.2, 0.25) is 0 Å². The fraction of sp³-hybridized carbons (Fsp3) is 0.636. The first kappa shape index (κ1) is 12.6. The van der Waals surface area contributed by atoms with Crippen LogP contribution in [0.2, 0.25) is 0 Å². The van der Waals surface area contributed by atoms with E-state index in [1.807, 2.05) is 23.1 Å². The number of thiophene rings is 1. The van der Waals surface area contributed by atoms with Crippen molar-refractivity contribution in [3.63, 3.8) is 0 Å². The molecule has 0 N–H and O–H groups in total. The average Bonchev–Trinajstić information content (AvgIpc) is 2.74. The molecule has 0 atom stereocenters. The van der Waals surface area contributed by atoms with Crippen molar-refractivity contribution >= 4 is 39.0 Å². The fourth-order valence-electron chi connectivity index (χ4n) is 1.25. The van der Waals surface area contributed by atoms with E-state index in [0.717, 1.165) is 5.33 Å². The summed E-state index contributed by atoms with van der Waals surface area (Å²) in [4.78, 5) is 0. The Hall–Kier alpha value is 0.530. The van der Waals surface area contributed by atoms with Crippen molar-refractivity contribution in [3.05, 3.63) is 17.5 Å². The summed E-state index contributed by atoms with van der Waals surface area (Å²) in [6.07, 6.45) is 2.51. The van der Waals surface area contributed by atoms with Crippen LogP contribution in [0.15, 0.2) is 21.7 Å². The van der Waals surface area contributed by atoms with Crippen LogP contribution < -0.4 is 0 Å². The summed E-state index contributed by atoms with van der Waals surface area (Å²) in [5.74, 6) is 1.23. The second kappa shape index (κ2) is 6.19. The molecule has 14 heavy (non-hydrogen) atoms. The molecule has 0 aliphatic heterocycles. The molecule has 0 aliphatic carbocycles. The Morgan fingerprint density at radius 1 is 1.43 bits per heavy atom. The summed E-state index contributed by atoms with van der Waals surface area (Å²) in [7, 11) is 0. The molecular weight excluding hydrogens is 276 g/mol. The topological polar surface area (TPSA) is 0 Å². The Morgan fingerprint density at radius 3 is 2.57 bits per heavy atom. The van der Waals surface area contributed by atoms with Crippen molar-refractivity contribution in [2.45, 2.75) is 30.9 Å². The molecule has 0 unspecified atom stereocenters. The van der Waals surface area contributed by atoms with Gasteiger partial charge in [-0.1, -0.05) is 35.8 Å². The molecule has 0 radical (unpaired) electrons. The van der Waals surface area contributed by atoms with Gasteiger partial charge in [-0.15, -0.1) is 23.1 Å². The molecule has 1 aromatic rings. The average molecular weight is 293 g/mol. The van der Waals surface area contributed by atoms with E-state index in [0.29, 0.717) is 5.41 Å². The second-order valence-electron chi connectivity index (χ2n) is 3.56. The summed E-state index contributed by atoms with van der Waals surface area (Å²) < 4.78 is 1.44. The quantitative estimate of drug-likeness (QED) is 0.523. The van der Waals surface area contributed by atoms with Crippen LogP contribution in [-0.2, 0) is 0 Å². The van der Waals surface area contributed by atoms with Gasteiger partial charge in [-0.25, -0.2) is 0 Å². The Bertz CT molecular complexity index is 232. The molecule has 0 fully saturated rings. The van der Waals surface area contributed by atoms with Gasteiger partial charge in [0.05, 0.1) is 4.21 Å². The molecule has 0 spiro atoms. The number of hydrogen-bond donors (Lipinski definition) is 0. The summed E-state index contributed by atoms with van der Waals surface area (Å²) in [5, 5.41) is 3.27. The van der Waals surface area contributed by atoms with Crippen molar-refractivity contribution in [1.29, 1.82) is 0 Å². The van der Waals surface area contributed by atoms with Crippen LogP contribution in [0.5, 0.6) is 0 Å². The van der Waals surface area contributed by atoms with E-state index < -0.39 is 0 Å². The predicted molar refractivity (Wildman–Crippen MR) is 71.9 cm³/mol. The van der Waals surface area contributed by atoms with Gasteiger partial charge >= 0.3 is 0 Å². The van der Waals surface area contributed by atoms with Crippen LogP contribution in [0.3, 0.4) is 0 Å². The molecule has 3 heteroatoms. The molecule has 0 saturated carbocycles. The maximum absolute atomic E-state index is 3.65. The SMILES string of the molecule is CCC(CC)(CBr)CSc1cccs1. The van der Waals surface area contributed by atoms with E-state index in [1.54, 1.807) is 0 Å². The first-order chi connectivity index (χ1) is 6.76.